The molecule has 0 aromatic heterocycles. The molecule has 2 nitrogen and oxygen atoms in total. The van der Waals surface area contributed by atoms with Crippen molar-refractivity contribution in [3.63, 3.8) is 0 Å². The number of hydrogen-bond acceptors (Lipinski definition) is 2. The molecule has 0 radical (unpaired) electrons. The molecule has 114 valence electrons. The lowest BCUT2D eigenvalue weighted by Gasteiger charge is -2.37. The fraction of sp³-hybridized carbons (Fsp3) is 0.875. The van der Waals surface area contributed by atoms with E-state index in [0.717, 1.165) is 25.9 Å². The molecule has 1 atom stereocenters. The van der Waals surface area contributed by atoms with Gasteiger partial charge in [-0.1, -0.05) is 48.1 Å². The van der Waals surface area contributed by atoms with Gasteiger partial charge >= 0.3 is 0 Å². The van der Waals surface area contributed by atoms with Crippen molar-refractivity contribution in [1.29, 1.82) is 0 Å². The molecule has 0 aliphatic heterocycles. The molecule has 0 fully saturated rings. The van der Waals surface area contributed by atoms with Crippen molar-refractivity contribution in [1.82, 2.24) is 9.74 Å². The van der Waals surface area contributed by atoms with Crippen LogP contribution in [-0.4, -0.2) is 24.6 Å². The first-order chi connectivity index (χ1) is 8.43. The summed E-state index contributed by atoms with van der Waals surface area (Å²) in [5, 5.41) is 3.49. The van der Waals surface area contributed by atoms with Gasteiger partial charge in [0.1, 0.15) is 0 Å². The van der Waals surface area contributed by atoms with Gasteiger partial charge in [0.2, 0.25) is 0 Å². The number of halogens is 1. The first kappa shape index (κ1) is 18.8. The maximum Gasteiger partial charge on any atom is 0.0156 e. The predicted octanol–water partition coefficient (Wildman–Crippen LogP) is 4.66. The van der Waals surface area contributed by atoms with Crippen LogP contribution in [0.3, 0.4) is 0 Å². The molecule has 19 heavy (non-hydrogen) atoms. The van der Waals surface area contributed by atoms with Gasteiger partial charge in [0.15, 0.2) is 0 Å². The zero-order chi connectivity index (χ0) is 15.3. The van der Waals surface area contributed by atoms with Gasteiger partial charge in [-0.3, -0.25) is 0 Å². The highest BCUT2D eigenvalue weighted by atomic mass is 35.5. The highest BCUT2D eigenvalue weighted by Crippen LogP contribution is 2.39. The Morgan fingerprint density at radius 3 is 2.11 bits per heavy atom. The average molecular weight is 289 g/mol. The van der Waals surface area contributed by atoms with Gasteiger partial charge in [0.25, 0.3) is 0 Å². The van der Waals surface area contributed by atoms with E-state index >= 15 is 0 Å². The van der Waals surface area contributed by atoms with E-state index in [0.29, 0.717) is 11.3 Å². The predicted molar refractivity (Wildman–Crippen MR) is 87.3 cm³/mol. The van der Waals surface area contributed by atoms with Gasteiger partial charge in [0.05, 0.1) is 0 Å². The molecular weight excluding hydrogens is 256 g/mol. The molecule has 0 aliphatic rings. The summed E-state index contributed by atoms with van der Waals surface area (Å²) < 4.78 is 1.70. The molecule has 0 aromatic carbocycles. The Labute approximate surface area is 125 Å². The summed E-state index contributed by atoms with van der Waals surface area (Å²) in [7, 11) is 1.88. The third kappa shape index (κ3) is 9.34. The second-order valence-electron chi connectivity index (χ2n) is 7.82. The maximum absolute atomic E-state index is 5.80. The van der Waals surface area contributed by atoms with Gasteiger partial charge in [-0.05, 0) is 35.4 Å². The molecule has 0 heterocycles. The van der Waals surface area contributed by atoms with Crippen molar-refractivity contribution in [2.45, 2.75) is 54.4 Å². The lowest BCUT2D eigenvalue weighted by atomic mass is 9.71. The van der Waals surface area contributed by atoms with E-state index in [1.54, 1.807) is 4.42 Å². The number of allylic oxidation sites excluding steroid dienone is 1. The number of nitrogens with one attached hydrogen (secondary N) is 1. The molecule has 0 rings (SSSR count). The number of nitrogens with zero attached hydrogens (tertiary/aromatic N) is 1. The highest BCUT2D eigenvalue weighted by Gasteiger charge is 2.30. The normalized spacial score (nSPS) is 14.6. The third-order valence-corrected chi connectivity index (χ3v) is 3.45. The summed E-state index contributed by atoms with van der Waals surface area (Å²) in [4.78, 5) is 0. The molecule has 0 bridgehead atoms. The van der Waals surface area contributed by atoms with Crippen LogP contribution in [0.4, 0.5) is 0 Å². The molecular formula is C16H33ClN2. The van der Waals surface area contributed by atoms with Gasteiger partial charge in [-0.2, -0.15) is 0 Å². The van der Waals surface area contributed by atoms with Crippen LogP contribution in [0.5, 0.6) is 0 Å². The molecule has 0 spiro atoms. The SMILES string of the molecule is C=C(NCCCN(C)Cl)C(CC(C)(C)C)C(C)(C)C. The van der Waals surface area contributed by atoms with Crippen molar-refractivity contribution in [3.05, 3.63) is 12.3 Å². The Kier molecular flexibility index (Phi) is 7.46. The van der Waals surface area contributed by atoms with E-state index in [9.17, 15) is 0 Å². The standard InChI is InChI=1S/C16H33ClN2/c1-13(18-10-9-11-19(8)17)14(16(5,6)7)12-15(2,3)4/h14,18H,1,9-12H2,2-8H3. The van der Waals surface area contributed by atoms with E-state index in [1.165, 1.54) is 5.70 Å². The van der Waals surface area contributed by atoms with Gasteiger partial charge in [0, 0.05) is 31.8 Å². The van der Waals surface area contributed by atoms with Crippen LogP contribution in [0.15, 0.2) is 12.3 Å². The quantitative estimate of drug-likeness (QED) is 0.541. The van der Waals surface area contributed by atoms with Gasteiger partial charge in [-0.25, -0.2) is 4.42 Å². The van der Waals surface area contributed by atoms with E-state index in [1.807, 2.05) is 7.05 Å². The first-order valence-corrected chi connectivity index (χ1v) is 7.57. The molecule has 0 amide bonds. The van der Waals surface area contributed by atoms with Crippen molar-refractivity contribution in [3.8, 4) is 0 Å². The van der Waals surface area contributed by atoms with Crippen LogP contribution in [0.2, 0.25) is 0 Å². The van der Waals surface area contributed by atoms with Gasteiger partial charge in [-0.15, -0.1) is 0 Å². The summed E-state index contributed by atoms with van der Waals surface area (Å²) in [6.07, 6.45) is 2.18. The van der Waals surface area contributed by atoms with Crippen molar-refractivity contribution in [2.75, 3.05) is 20.1 Å². The van der Waals surface area contributed by atoms with Crippen LogP contribution >= 0.6 is 11.8 Å². The van der Waals surface area contributed by atoms with Crippen molar-refractivity contribution < 1.29 is 0 Å². The van der Waals surface area contributed by atoms with Crippen molar-refractivity contribution in [2.24, 2.45) is 16.7 Å². The molecule has 0 aromatic rings. The summed E-state index contributed by atoms with van der Waals surface area (Å²) in [6.45, 7) is 19.9. The lowest BCUT2D eigenvalue weighted by Crippen LogP contribution is -2.33. The third-order valence-electron chi connectivity index (χ3n) is 3.28. The summed E-state index contributed by atoms with van der Waals surface area (Å²) >= 11 is 5.80. The Balaban J connectivity index is 4.41. The number of rotatable bonds is 7. The smallest absolute Gasteiger partial charge is 0.0156 e. The van der Waals surface area contributed by atoms with Crippen LogP contribution in [-0.2, 0) is 0 Å². The molecule has 0 saturated heterocycles. The Morgan fingerprint density at radius 2 is 1.74 bits per heavy atom. The zero-order valence-corrected chi connectivity index (χ0v) is 14.7. The number of hydrogen-bond donors (Lipinski definition) is 1. The van der Waals surface area contributed by atoms with Crippen LogP contribution in [0.1, 0.15) is 54.4 Å². The van der Waals surface area contributed by atoms with Crippen LogP contribution < -0.4 is 5.32 Å². The first-order valence-electron chi connectivity index (χ1n) is 7.23. The fourth-order valence-electron chi connectivity index (χ4n) is 2.23. The minimum Gasteiger partial charge on any atom is -0.389 e. The molecule has 0 saturated carbocycles. The largest absolute Gasteiger partial charge is 0.389 e. The molecule has 0 aliphatic carbocycles. The second-order valence-corrected chi connectivity index (χ2v) is 8.39. The molecule has 3 heteroatoms. The zero-order valence-electron chi connectivity index (χ0n) is 13.9. The average Bonchev–Trinajstić information content (AvgIpc) is 2.17. The minimum absolute atomic E-state index is 0.237. The monoisotopic (exact) mass is 288 g/mol. The summed E-state index contributed by atoms with van der Waals surface area (Å²) in [6, 6.07) is 0. The molecule has 1 N–H and O–H groups in total. The van der Waals surface area contributed by atoms with Gasteiger partial charge < -0.3 is 5.32 Å². The van der Waals surface area contributed by atoms with E-state index in [2.05, 4.69) is 53.4 Å². The lowest BCUT2D eigenvalue weighted by molar-refractivity contribution is 0.189. The summed E-state index contributed by atoms with van der Waals surface area (Å²) in [5.41, 5.74) is 1.72. The van der Waals surface area contributed by atoms with E-state index < -0.39 is 0 Å². The summed E-state index contributed by atoms with van der Waals surface area (Å²) in [5.74, 6) is 0.487. The van der Waals surface area contributed by atoms with Crippen LogP contribution in [0, 0.1) is 16.7 Å². The fourth-order valence-corrected chi connectivity index (χ4v) is 2.35. The van der Waals surface area contributed by atoms with Crippen LogP contribution in [0.25, 0.3) is 0 Å². The maximum atomic E-state index is 5.80. The second kappa shape index (κ2) is 7.54. The Hall–Kier alpha value is -0.210. The topological polar surface area (TPSA) is 15.3 Å². The minimum atomic E-state index is 0.237. The van der Waals surface area contributed by atoms with E-state index in [-0.39, 0.29) is 5.41 Å². The highest BCUT2D eigenvalue weighted by molar-refractivity contribution is 6.13. The molecule has 1 unspecified atom stereocenters. The van der Waals surface area contributed by atoms with E-state index in [4.69, 9.17) is 11.8 Å². The Bertz CT molecular complexity index is 271. The Morgan fingerprint density at radius 1 is 1.21 bits per heavy atom. The van der Waals surface area contributed by atoms with Crippen molar-refractivity contribution >= 4 is 11.8 Å².